The summed E-state index contributed by atoms with van der Waals surface area (Å²) in [5.41, 5.74) is 8.60. The number of nitrogens with zero attached hydrogens (tertiary/aromatic N) is 2. The zero-order chi connectivity index (χ0) is 13.8. The first-order valence-corrected chi connectivity index (χ1v) is 8.29. The van der Waals surface area contributed by atoms with E-state index in [-0.39, 0.29) is 6.04 Å². The molecule has 0 spiro atoms. The summed E-state index contributed by atoms with van der Waals surface area (Å²) in [6, 6.07) is 8.77. The van der Waals surface area contributed by atoms with E-state index in [1.54, 1.807) is 0 Å². The van der Waals surface area contributed by atoms with Gasteiger partial charge in [-0.15, -0.1) is 0 Å². The monoisotopic (exact) mass is 277 g/mol. The van der Waals surface area contributed by atoms with Gasteiger partial charge in [0.1, 0.15) is 5.82 Å². The highest BCUT2D eigenvalue weighted by molar-refractivity contribution is 7.98. The largest absolute Gasteiger partial charge is 0.324 e. The van der Waals surface area contributed by atoms with Crippen LogP contribution in [0.5, 0.6) is 0 Å². The van der Waals surface area contributed by atoms with Gasteiger partial charge in [-0.3, -0.25) is 0 Å². The van der Waals surface area contributed by atoms with E-state index >= 15 is 0 Å². The lowest BCUT2D eigenvalue weighted by Gasteiger charge is -2.19. The van der Waals surface area contributed by atoms with Crippen molar-refractivity contribution in [1.82, 2.24) is 9.55 Å². The van der Waals surface area contributed by atoms with Gasteiger partial charge in [0.25, 0.3) is 0 Å². The molecule has 0 aliphatic heterocycles. The van der Waals surface area contributed by atoms with Crippen molar-refractivity contribution >= 4 is 22.8 Å². The Morgan fingerprint density at radius 2 is 2.11 bits per heavy atom. The van der Waals surface area contributed by atoms with E-state index in [0.29, 0.717) is 6.04 Å². The van der Waals surface area contributed by atoms with Crippen LogP contribution in [-0.4, -0.2) is 21.6 Å². The van der Waals surface area contributed by atoms with Crippen LogP contribution in [0.25, 0.3) is 11.0 Å². The van der Waals surface area contributed by atoms with Gasteiger partial charge in [-0.1, -0.05) is 19.1 Å². The molecule has 3 nitrogen and oxygen atoms in total. The molecule has 0 saturated carbocycles. The minimum atomic E-state index is 0.0221. The smallest absolute Gasteiger partial charge is 0.127 e. The first-order chi connectivity index (χ1) is 9.19. The molecule has 1 heterocycles. The summed E-state index contributed by atoms with van der Waals surface area (Å²) in [6.07, 6.45) is 4.17. The third-order valence-electron chi connectivity index (χ3n) is 3.62. The summed E-state index contributed by atoms with van der Waals surface area (Å²) in [4.78, 5) is 4.76. The van der Waals surface area contributed by atoms with Crippen molar-refractivity contribution in [1.29, 1.82) is 0 Å². The van der Waals surface area contributed by atoms with Gasteiger partial charge in [0.2, 0.25) is 0 Å². The van der Waals surface area contributed by atoms with Gasteiger partial charge in [-0.2, -0.15) is 11.8 Å². The van der Waals surface area contributed by atoms with Crippen LogP contribution in [0.2, 0.25) is 0 Å². The average Bonchev–Trinajstić information content (AvgIpc) is 2.83. The zero-order valence-electron chi connectivity index (χ0n) is 12.0. The number of para-hydroxylation sites is 2. The van der Waals surface area contributed by atoms with Crippen LogP contribution in [0, 0.1) is 0 Å². The zero-order valence-corrected chi connectivity index (χ0v) is 12.8. The molecule has 0 aliphatic rings. The second kappa shape index (κ2) is 6.44. The van der Waals surface area contributed by atoms with Gasteiger partial charge >= 0.3 is 0 Å². The number of hydrogen-bond donors (Lipinski definition) is 1. The summed E-state index contributed by atoms with van der Waals surface area (Å²) in [5.74, 6) is 2.11. The molecule has 2 atom stereocenters. The summed E-state index contributed by atoms with van der Waals surface area (Å²) in [5, 5.41) is 0. The van der Waals surface area contributed by atoms with Crippen LogP contribution in [-0.2, 0) is 0 Å². The van der Waals surface area contributed by atoms with E-state index in [9.17, 15) is 0 Å². The third kappa shape index (κ3) is 2.95. The van der Waals surface area contributed by atoms with E-state index in [0.717, 1.165) is 29.9 Å². The Bertz CT molecular complexity index is 535. The van der Waals surface area contributed by atoms with Crippen molar-refractivity contribution in [2.24, 2.45) is 5.73 Å². The number of thioether (sulfide) groups is 1. The molecule has 1 aromatic carbocycles. The number of hydrogen-bond acceptors (Lipinski definition) is 3. The minimum Gasteiger partial charge on any atom is -0.324 e. The predicted molar refractivity (Wildman–Crippen MR) is 84.7 cm³/mol. The second-order valence-electron chi connectivity index (χ2n) is 4.97. The molecule has 0 radical (unpaired) electrons. The lowest BCUT2D eigenvalue weighted by molar-refractivity contribution is 0.494. The maximum atomic E-state index is 6.34. The van der Waals surface area contributed by atoms with Gasteiger partial charge in [0.05, 0.1) is 17.1 Å². The van der Waals surface area contributed by atoms with Crippen molar-refractivity contribution in [3.05, 3.63) is 30.1 Å². The Morgan fingerprint density at radius 1 is 1.37 bits per heavy atom. The molecule has 2 rings (SSSR count). The minimum absolute atomic E-state index is 0.0221. The van der Waals surface area contributed by atoms with Gasteiger partial charge in [-0.05, 0) is 43.9 Å². The quantitative estimate of drug-likeness (QED) is 0.874. The van der Waals surface area contributed by atoms with Crippen molar-refractivity contribution in [2.45, 2.75) is 38.8 Å². The normalized spacial score (nSPS) is 14.7. The fourth-order valence-electron chi connectivity index (χ4n) is 2.34. The second-order valence-corrected chi connectivity index (χ2v) is 5.96. The highest BCUT2D eigenvalue weighted by Crippen LogP contribution is 2.27. The van der Waals surface area contributed by atoms with Crippen molar-refractivity contribution in [3.8, 4) is 0 Å². The molecule has 19 heavy (non-hydrogen) atoms. The number of benzene rings is 1. The third-order valence-corrected chi connectivity index (χ3v) is 4.26. The summed E-state index contributed by atoms with van der Waals surface area (Å²) >= 11 is 1.83. The number of imidazole rings is 1. The SMILES string of the molecule is CCC(C)n1c(C(N)CCSC)nc2ccccc21. The molecule has 0 saturated heterocycles. The van der Waals surface area contributed by atoms with Crippen molar-refractivity contribution < 1.29 is 0 Å². The number of aromatic nitrogens is 2. The standard InChI is InChI=1S/C15H23N3S/c1-4-11(2)18-14-8-6-5-7-13(14)17-15(18)12(16)9-10-19-3/h5-8,11-12H,4,9-10,16H2,1-3H3. The Balaban J connectivity index is 2.46. The maximum Gasteiger partial charge on any atom is 0.127 e. The van der Waals surface area contributed by atoms with Gasteiger partial charge in [0.15, 0.2) is 0 Å². The van der Waals surface area contributed by atoms with Gasteiger partial charge in [-0.25, -0.2) is 4.98 Å². The van der Waals surface area contributed by atoms with Gasteiger partial charge in [0, 0.05) is 6.04 Å². The summed E-state index contributed by atoms with van der Waals surface area (Å²) in [6.45, 7) is 4.44. The molecule has 0 fully saturated rings. The van der Waals surface area contributed by atoms with Crippen LogP contribution in [0.15, 0.2) is 24.3 Å². The van der Waals surface area contributed by atoms with E-state index in [2.05, 4.69) is 42.9 Å². The predicted octanol–water partition coefficient (Wildman–Crippen LogP) is 3.76. The lowest BCUT2D eigenvalue weighted by atomic mass is 10.2. The molecule has 2 N–H and O–H groups in total. The van der Waals surface area contributed by atoms with Crippen LogP contribution < -0.4 is 5.73 Å². The van der Waals surface area contributed by atoms with Crippen molar-refractivity contribution in [2.75, 3.05) is 12.0 Å². The highest BCUT2D eigenvalue weighted by atomic mass is 32.2. The Morgan fingerprint density at radius 3 is 2.79 bits per heavy atom. The topological polar surface area (TPSA) is 43.8 Å². The molecule has 2 aromatic rings. The molecule has 4 heteroatoms. The van der Waals surface area contributed by atoms with E-state index < -0.39 is 0 Å². The fraction of sp³-hybridized carbons (Fsp3) is 0.533. The van der Waals surface area contributed by atoms with E-state index in [1.807, 2.05) is 17.8 Å². The van der Waals surface area contributed by atoms with Crippen LogP contribution in [0.1, 0.15) is 44.6 Å². The number of rotatable bonds is 6. The molecule has 2 unspecified atom stereocenters. The number of nitrogens with two attached hydrogens (primary N) is 1. The summed E-state index contributed by atoms with van der Waals surface area (Å²) in [7, 11) is 0. The molecule has 0 amide bonds. The molecular weight excluding hydrogens is 254 g/mol. The maximum absolute atomic E-state index is 6.34. The first-order valence-electron chi connectivity index (χ1n) is 6.90. The van der Waals surface area contributed by atoms with Crippen molar-refractivity contribution in [3.63, 3.8) is 0 Å². The number of fused-ring (bicyclic) bond motifs is 1. The average molecular weight is 277 g/mol. The molecular formula is C15H23N3S. The van der Waals surface area contributed by atoms with Crippen LogP contribution in [0.4, 0.5) is 0 Å². The summed E-state index contributed by atoms with van der Waals surface area (Å²) < 4.78 is 2.32. The Hall–Kier alpha value is -1.00. The van der Waals surface area contributed by atoms with Gasteiger partial charge < -0.3 is 10.3 Å². The Kier molecular flexibility index (Phi) is 4.88. The van der Waals surface area contributed by atoms with Crippen LogP contribution >= 0.6 is 11.8 Å². The molecule has 104 valence electrons. The molecule has 0 aliphatic carbocycles. The van der Waals surface area contributed by atoms with Crippen LogP contribution in [0.3, 0.4) is 0 Å². The van der Waals surface area contributed by atoms with E-state index in [1.165, 1.54) is 5.52 Å². The fourth-order valence-corrected chi connectivity index (χ4v) is 2.83. The lowest BCUT2D eigenvalue weighted by Crippen LogP contribution is -2.19. The molecule has 1 aromatic heterocycles. The highest BCUT2D eigenvalue weighted by Gasteiger charge is 2.19. The Labute approximate surface area is 119 Å². The molecule has 0 bridgehead atoms. The first kappa shape index (κ1) is 14.4. The van der Waals surface area contributed by atoms with E-state index in [4.69, 9.17) is 10.7 Å².